The summed E-state index contributed by atoms with van der Waals surface area (Å²) in [7, 11) is 0. The molecule has 2 aliphatic heterocycles. The van der Waals surface area contributed by atoms with Gasteiger partial charge in [-0.05, 0) is 6.42 Å². The molecule has 2 unspecified atom stereocenters. The molecular formula is C11H20N2O3. The molecule has 1 N–H and O–H groups in total. The van der Waals surface area contributed by atoms with Crippen molar-refractivity contribution >= 4 is 6.09 Å². The maximum absolute atomic E-state index is 11.7. The number of carbonyl (C=O) groups is 1. The smallest absolute Gasteiger partial charge is 0.409 e. The van der Waals surface area contributed by atoms with Crippen molar-refractivity contribution in [3.05, 3.63) is 0 Å². The van der Waals surface area contributed by atoms with Crippen LogP contribution in [0.1, 0.15) is 19.8 Å². The molecule has 0 radical (unpaired) electrons. The SMILES string of the molecule is CCCCOC(=O)N1CC2COCC(C1)N2. The molecule has 16 heavy (non-hydrogen) atoms. The minimum atomic E-state index is -0.174. The van der Waals surface area contributed by atoms with Gasteiger partial charge in [-0.3, -0.25) is 0 Å². The highest BCUT2D eigenvalue weighted by Crippen LogP contribution is 2.11. The topological polar surface area (TPSA) is 50.8 Å². The van der Waals surface area contributed by atoms with Gasteiger partial charge in [0.1, 0.15) is 0 Å². The Bertz CT molecular complexity index is 235. The van der Waals surface area contributed by atoms with Crippen molar-refractivity contribution in [2.75, 3.05) is 32.9 Å². The van der Waals surface area contributed by atoms with Crippen molar-refractivity contribution in [3.63, 3.8) is 0 Å². The first-order valence-electron chi connectivity index (χ1n) is 6.05. The van der Waals surface area contributed by atoms with E-state index in [0.717, 1.165) is 12.8 Å². The number of carbonyl (C=O) groups excluding carboxylic acids is 1. The number of ether oxygens (including phenoxy) is 2. The van der Waals surface area contributed by atoms with E-state index in [1.165, 1.54) is 0 Å². The summed E-state index contributed by atoms with van der Waals surface area (Å²) >= 11 is 0. The number of hydrogen-bond donors (Lipinski definition) is 1. The summed E-state index contributed by atoms with van der Waals surface area (Å²) in [5.74, 6) is 0. The molecule has 2 aliphatic rings. The number of amides is 1. The average Bonchev–Trinajstić information content (AvgIpc) is 2.28. The Kier molecular flexibility index (Phi) is 4.01. The quantitative estimate of drug-likeness (QED) is 0.719. The fourth-order valence-corrected chi connectivity index (χ4v) is 2.14. The predicted molar refractivity (Wildman–Crippen MR) is 59.4 cm³/mol. The summed E-state index contributed by atoms with van der Waals surface area (Å²) < 4.78 is 10.6. The van der Waals surface area contributed by atoms with Gasteiger partial charge in [-0.15, -0.1) is 0 Å². The molecule has 0 aromatic rings. The first kappa shape index (κ1) is 11.7. The highest BCUT2D eigenvalue weighted by atomic mass is 16.6. The van der Waals surface area contributed by atoms with Gasteiger partial charge in [-0.1, -0.05) is 13.3 Å². The lowest BCUT2D eigenvalue weighted by Crippen LogP contribution is -2.63. The fourth-order valence-electron chi connectivity index (χ4n) is 2.14. The number of rotatable bonds is 3. The fraction of sp³-hybridized carbons (Fsp3) is 0.909. The van der Waals surface area contributed by atoms with Gasteiger partial charge in [0, 0.05) is 25.2 Å². The Hall–Kier alpha value is -0.810. The minimum absolute atomic E-state index is 0.174. The zero-order valence-electron chi connectivity index (χ0n) is 9.78. The molecule has 0 aliphatic carbocycles. The van der Waals surface area contributed by atoms with Crippen LogP contribution in [-0.2, 0) is 9.47 Å². The molecule has 0 saturated carbocycles. The van der Waals surface area contributed by atoms with Gasteiger partial charge in [0.05, 0.1) is 19.8 Å². The zero-order chi connectivity index (χ0) is 11.4. The molecule has 5 nitrogen and oxygen atoms in total. The van der Waals surface area contributed by atoms with E-state index in [1.54, 1.807) is 4.90 Å². The third-order valence-electron chi connectivity index (χ3n) is 2.97. The first-order chi connectivity index (χ1) is 7.79. The molecule has 2 heterocycles. The molecule has 2 rings (SSSR count). The van der Waals surface area contributed by atoms with Crippen LogP contribution in [0, 0.1) is 0 Å². The van der Waals surface area contributed by atoms with E-state index >= 15 is 0 Å². The van der Waals surface area contributed by atoms with Crippen molar-refractivity contribution < 1.29 is 14.3 Å². The van der Waals surface area contributed by atoms with Crippen molar-refractivity contribution in [1.82, 2.24) is 10.2 Å². The van der Waals surface area contributed by atoms with E-state index in [4.69, 9.17) is 9.47 Å². The normalized spacial score (nSPS) is 28.9. The minimum Gasteiger partial charge on any atom is -0.449 e. The molecule has 0 aromatic carbocycles. The van der Waals surface area contributed by atoms with Crippen molar-refractivity contribution in [1.29, 1.82) is 0 Å². The first-order valence-corrected chi connectivity index (χ1v) is 6.05. The lowest BCUT2D eigenvalue weighted by atomic mass is 10.1. The van der Waals surface area contributed by atoms with E-state index in [9.17, 15) is 4.79 Å². The molecule has 5 heteroatoms. The molecular weight excluding hydrogens is 208 g/mol. The largest absolute Gasteiger partial charge is 0.449 e. The number of nitrogens with one attached hydrogen (secondary N) is 1. The maximum Gasteiger partial charge on any atom is 0.409 e. The lowest BCUT2D eigenvalue weighted by molar-refractivity contribution is -0.00749. The van der Waals surface area contributed by atoms with Crippen LogP contribution in [0.15, 0.2) is 0 Å². The summed E-state index contributed by atoms with van der Waals surface area (Å²) in [4.78, 5) is 13.5. The maximum atomic E-state index is 11.7. The second kappa shape index (κ2) is 5.50. The standard InChI is InChI=1S/C11H20N2O3/c1-2-3-4-16-11(14)13-5-9-7-15-8-10(6-13)12-9/h9-10,12H,2-8H2,1H3. The molecule has 1 amide bonds. The van der Waals surface area contributed by atoms with Crippen LogP contribution in [0.25, 0.3) is 0 Å². The Morgan fingerprint density at radius 3 is 2.75 bits per heavy atom. The lowest BCUT2D eigenvalue weighted by Gasteiger charge is -2.41. The predicted octanol–water partition coefficient (Wildman–Crippen LogP) is 0.596. The molecule has 2 bridgehead atoms. The Morgan fingerprint density at radius 2 is 2.12 bits per heavy atom. The number of morpholine rings is 1. The zero-order valence-corrected chi connectivity index (χ0v) is 9.78. The van der Waals surface area contributed by atoms with Gasteiger partial charge in [0.25, 0.3) is 0 Å². The van der Waals surface area contributed by atoms with Crippen LogP contribution in [0.4, 0.5) is 4.79 Å². The van der Waals surface area contributed by atoms with Crippen molar-refractivity contribution in [2.45, 2.75) is 31.8 Å². The number of piperazine rings is 1. The molecule has 0 aromatic heterocycles. The van der Waals surface area contributed by atoms with Gasteiger partial charge >= 0.3 is 6.09 Å². The van der Waals surface area contributed by atoms with E-state index in [-0.39, 0.29) is 18.2 Å². The number of unbranched alkanes of at least 4 members (excludes halogenated alkanes) is 1. The van der Waals surface area contributed by atoms with Gasteiger partial charge in [0.2, 0.25) is 0 Å². The third-order valence-corrected chi connectivity index (χ3v) is 2.97. The summed E-state index contributed by atoms with van der Waals surface area (Å²) in [6.07, 6.45) is 1.81. The van der Waals surface area contributed by atoms with Gasteiger partial charge in [-0.25, -0.2) is 4.79 Å². The third kappa shape index (κ3) is 2.86. The van der Waals surface area contributed by atoms with Crippen LogP contribution in [0.3, 0.4) is 0 Å². The molecule has 2 fully saturated rings. The Balaban J connectivity index is 1.78. The average molecular weight is 228 g/mol. The number of hydrogen-bond acceptors (Lipinski definition) is 4. The van der Waals surface area contributed by atoms with E-state index in [0.29, 0.717) is 32.9 Å². The van der Waals surface area contributed by atoms with Crippen LogP contribution in [0.5, 0.6) is 0 Å². The second-order valence-electron chi connectivity index (χ2n) is 4.47. The molecule has 92 valence electrons. The van der Waals surface area contributed by atoms with Gasteiger partial charge in [0.15, 0.2) is 0 Å². The molecule has 2 saturated heterocycles. The second-order valence-corrected chi connectivity index (χ2v) is 4.47. The number of fused-ring (bicyclic) bond motifs is 2. The highest BCUT2D eigenvalue weighted by Gasteiger charge is 2.33. The van der Waals surface area contributed by atoms with Crippen molar-refractivity contribution in [3.8, 4) is 0 Å². The van der Waals surface area contributed by atoms with E-state index in [2.05, 4.69) is 12.2 Å². The van der Waals surface area contributed by atoms with Crippen LogP contribution >= 0.6 is 0 Å². The Labute approximate surface area is 96.1 Å². The molecule has 0 spiro atoms. The van der Waals surface area contributed by atoms with E-state index < -0.39 is 0 Å². The summed E-state index contributed by atoms with van der Waals surface area (Å²) in [6, 6.07) is 0.539. The number of nitrogens with zero attached hydrogens (tertiary/aromatic N) is 1. The van der Waals surface area contributed by atoms with Crippen LogP contribution < -0.4 is 5.32 Å². The highest BCUT2D eigenvalue weighted by molar-refractivity contribution is 5.67. The van der Waals surface area contributed by atoms with Gasteiger partial charge in [-0.2, -0.15) is 0 Å². The summed E-state index contributed by atoms with van der Waals surface area (Å²) in [6.45, 7) is 5.39. The monoisotopic (exact) mass is 228 g/mol. The van der Waals surface area contributed by atoms with Gasteiger partial charge < -0.3 is 19.7 Å². The van der Waals surface area contributed by atoms with Crippen LogP contribution in [0.2, 0.25) is 0 Å². The Morgan fingerprint density at radius 1 is 1.44 bits per heavy atom. The summed E-state index contributed by atoms with van der Waals surface area (Å²) in [5.41, 5.74) is 0. The van der Waals surface area contributed by atoms with E-state index in [1.807, 2.05) is 0 Å². The van der Waals surface area contributed by atoms with Crippen molar-refractivity contribution in [2.24, 2.45) is 0 Å². The molecule has 2 atom stereocenters. The van der Waals surface area contributed by atoms with Crippen LogP contribution in [-0.4, -0.2) is 56.0 Å². The summed E-state index contributed by atoms with van der Waals surface area (Å²) in [5, 5.41) is 3.43.